The maximum Gasteiger partial charge on any atom is 0.329 e. The summed E-state index contributed by atoms with van der Waals surface area (Å²) in [6, 6.07) is -4.59. The third-order valence-corrected chi connectivity index (χ3v) is 10.8. The Hall–Kier alpha value is -3.44. The molecule has 0 spiro atoms. The minimum absolute atomic E-state index is 0.0591. The lowest BCUT2D eigenvalue weighted by Gasteiger charge is -2.38. The molecule has 3 saturated carbocycles. The molecule has 4 rings (SSSR count). The molecule has 0 bridgehead atoms. The lowest BCUT2D eigenvalue weighted by Crippen LogP contribution is -2.62. The number of hydrogen-bond donors (Lipinski definition) is 4. The molecular formula is C37H59N5O7. The van der Waals surface area contributed by atoms with Gasteiger partial charge in [0.1, 0.15) is 24.2 Å². The van der Waals surface area contributed by atoms with Crippen molar-refractivity contribution in [2.75, 3.05) is 13.1 Å². The van der Waals surface area contributed by atoms with E-state index >= 15 is 0 Å². The fraction of sp³-hybridized carbons (Fsp3) is 0.784. The number of hydrogen-bond acceptors (Lipinski definition) is 7. The van der Waals surface area contributed by atoms with E-state index in [4.69, 9.17) is 4.74 Å². The van der Waals surface area contributed by atoms with Crippen LogP contribution in [0.15, 0.2) is 12.7 Å². The Balaban J connectivity index is 1.50. The van der Waals surface area contributed by atoms with Crippen LogP contribution in [0.4, 0.5) is 4.79 Å². The van der Waals surface area contributed by atoms with E-state index in [1.54, 1.807) is 0 Å². The van der Waals surface area contributed by atoms with Crippen molar-refractivity contribution in [2.45, 2.75) is 131 Å². The summed E-state index contributed by atoms with van der Waals surface area (Å²) in [5, 5.41) is 10.9. The first kappa shape index (κ1) is 38.4. The molecule has 12 heteroatoms. The number of ether oxygens (including phenoxy) is 1. The smallest absolute Gasteiger partial charge is 0.329 e. The second-order valence-corrected chi connectivity index (χ2v) is 17.4. The van der Waals surface area contributed by atoms with E-state index in [1.165, 1.54) is 11.0 Å². The average molecular weight is 686 g/mol. The Morgan fingerprint density at radius 3 is 1.94 bits per heavy atom. The van der Waals surface area contributed by atoms with Gasteiger partial charge in [0.05, 0.1) is 6.04 Å². The van der Waals surface area contributed by atoms with Gasteiger partial charge >= 0.3 is 12.0 Å². The van der Waals surface area contributed by atoms with Crippen molar-refractivity contribution >= 4 is 35.5 Å². The van der Waals surface area contributed by atoms with Crippen molar-refractivity contribution in [1.82, 2.24) is 26.2 Å². The molecule has 1 unspecified atom stereocenters. The number of carbonyl (C=O) groups is 6. The van der Waals surface area contributed by atoms with Crippen LogP contribution >= 0.6 is 0 Å². The third-order valence-electron chi connectivity index (χ3n) is 10.8. The van der Waals surface area contributed by atoms with E-state index in [2.05, 4.69) is 41.7 Å². The summed E-state index contributed by atoms with van der Waals surface area (Å²) in [6.07, 6.45) is 6.35. The third kappa shape index (κ3) is 8.84. The van der Waals surface area contributed by atoms with Gasteiger partial charge in [-0.05, 0) is 72.0 Å². The summed E-state index contributed by atoms with van der Waals surface area (Å²) in [5.41, 5.74) is -1.62. The van der Waals surface area contributed by atoms with E-state index in [-0.39, 0.29) is 36.3 Å². The van der Waals surface area contributed by atoms with Gasteiger partial charge in [-0.2, -0.15) is 0 Å². The first-order valence-electron chi connectivity index (χ1n) is 18.0. The predicted octanol–water partition coefficient (Wildman–Crippen LogP) is 3.49. The summed E-state index contributed by atoms with van der Waals surface area (Å²) in [4.78, 5) is 82.4. The van der Waals surface area contributed by atoms with Crippen LogP contribution in [0.25, 0.3) is 0 Å². The zero-order chi connectivity index (χ0) is 36.6. The van der Waals surface area contributed by atoms with E-state index in [0.717, 1.165) is 25.7 Å². The lowest BCUT2D eigenvalue weighted by atomic mass is 9.85. The molecule has 1 heterocycles. The normalized spacial score (nSPS) is 24.5. The summed E-state index contributed by atoms with van der Waals surface area (Å²) in [6.45, 7) is 21.0. The first-order valence-corrected chi connectivity index (χ1v) is 18.0. The fourth-order valence-electron chi connectivity index (χ4n) is 7.41. The monoisotopic (exact) mass is 685 g/mol. The van der Waals surface area contributed by atoms with Crippen LogP contribution < -0.4 is 21.3 Å². The summed E-state index contributed by atoms with van der Waals surface area (Å²) < 4.78 is 6.01. The van der Waals surface area contributed by atoms with Gasteiger partial charge in [0.2, 0.25) is 17.6 Å². The molecule has 4 aliphatic rings. The molecule has 4 fully saturated rings. The number of piperidine rings is 1. The van der Waals surface area contributed by atoms with E-state index in [9.17, 15) is 28.8 Å². The molecule has 4 N–H and O–H groups in total. The zero-order valence-corrected chi connectivity index (χ0v) is 30.9. The molecule has 274 valence electrons. The van der Waals surface area contributed by atoms with Crippen LogP contribution in [-0.2, 0) is 28.7 Å². The van der Waals surface area contributed by atoms with Gasteiger partial charge in [-0.25, -0.2) is 9.59 Å². The van der Waals surface area contributed by atoms with Gasteiger partial charge in [0.25, 0.3) is 5.91 Å². The lowest BCUT2D eigenvalue weighted by molar-refractivity contribution is -0.156. The van der Waals surface area contributed by atoms with E-state index in [1.807, 2.05) is 48.5 Å². The average Bonchev–Trinajstić information content (AvgIpc) is 3.95. The number of nitrogens with one attached hydrogen (secondary N) is 4. The number of amides is 5. The van der Waals surface area contributed by atoms with Gasteiger partial charge in [0.15, 0.2) is 0 Å². The number of esters is 1. The number of urea groups is 1. The second-order valence-electron chi connectivity index (χ2n) is 17.4. The van der Waals surface area contributed by atoms with Crippen LogP contribution in [-0.4, -0.2) is 83.8 Å². The molecule has 12 nitrogen and oxygen atoms in total. The fourth-order valence-corrected chi connectivity index (χ4v) is 7.41. The summed E-state index contributed by atoms with van der Waals surface area (Å²) >= 11 is 0. The quantitative estimate of drug-likeness (QED) is 0.117. The zero-order valence-electron chi connectivity index (χ0n) is 30.9. The molecule has 3 aliphatic carbocycles. The van der Waals surface area contributed by atoms with Crippen molar-refractivity contribution in [1.29, 1.82) is 0 Å². The first-order chi connectivity index (χ1) is 22.7. The summed E-state index contributed by atoms with van der Waals surface area (Å²) in [7, 11) is 0. The Bertz CT molecular complexity index is 1310. The van der Waals surface area contributed by atoms with E-state index < -0.39 is 70.5 Å². The van der Waals surface area contributed by atoms with Crippen LogP contribution in [0, 0.1) is 39.9 Å². The molecule has 5 amide bonds. The highest BCUT2D eigenvalue weighted by atomic mass is 16.5. The highest BCUT2D eigenvalue weighted by molar-refractivity contribution is 6.38. The number of carbonyl (C=O) groups excluding carboxylic acids is 6. The molecule has 0 aromatic rings. The van der Waals surface area contributed by atoms with Gasteiger partial charge in [0, 0.05) is 13.1 Å². The standard InChI is InChI=1S/C37H59N5O7/c1-11-13-23(26(43)31(45)38-18-12-2)39-30(44)25-24-22(37(24,9)10)19-42(25)32(46)28(35(3,4)5)40-34(48)41-29(36(6,7)8)33(47)49-27(20-14-15-20)21-16-17-21/h12,20-25,27-29H,2,11,13-19H2,1,3-10H3,(H,38,45)(H,39,44)(H2,40,41,48)/t22-,23?,24-,25-,28+,29+/m0/s1. The van der Waals surface area contributed by atoms with Gasteiger partial charge in [-0.1, -0.05) is 74.8 Å². The van der Waals surface area contributed by atoms with Gasteiger partial charge in [-0.15, -0.1) is 6.58 Å². The molecule has 0 aromatic heterocycles. The van der Waals surface area contributed by atoms with Crippen LogP contribution in [0.5, 0.6) is 0 Å². The second kappa shape index (κ2) is 14.4. The predicted molar refractivity (Wildman–Crippen MR) is 185 cm³/mol. The summed E-state index contributed by atoms with van der Waals surface area (Å²) in [5.74, 6) is -2.27. The highest BCUT2D eigenvalue weighted by Crippen LogP contribution is 2.65. The molecule has 0 aromatic carbocycles. The van der Waals surface area contributed by atoms with Crippen LogP contribution in [0.3, 0.4) is 0 Å². The Kier molecular flexibility index (Phi) is 11.3. The molecule has 6 atom stereocenters. The molecule has 0 radical (unpaired) electrons. The van der Waals surface area contributed by atoms with Crippen molar-refractivity contribution in [3.8, 4) is 0 Å². The van der Waals surface area contributed by atoms with Crippen LogP contribution in [0.2, 0.25) is 0 Å². The van der Waals surface area contributed by atoms with Gasteiger partial charge in [-0.3, -0.25) is 19.2 Å². The highest BCUT2D eigenvalue weighted by Gasteiger charge is 2.70. The minimum Gasteiger partial charge on any atom is -0.460 e. The van der Waals surface area contributed by atoms with Crippen LogP contribution in [0.1, 0.15) is 101 Å². The molecular weight excluding hydrogens is 626 g/mol. The Morgan fingerprint density at radius 1 is 0.898 bits per heavy atom. The molecule has 1 aliphatic heterocycles. The number of Topliss-reactive ketones (excluding diaryl/α,β-unsaturated/α-hetero) is 1. The Labute approximate surface area is 291 Å². The number of fused-ring (bicyclic) bond motifs is 1. The number of likely N-dealkylation sites (tertiary alicyclic amines) is 1. The minimum atomic E-state index is -1.05. The topological polar surface area (TPSA) is 163 Å². The number of rotatable bonds is 15. The van der Waals surface area contributed by atoms with Crippen molar-refractivity contribution in [2.24, 2.45) is 39.9 Å². The van der Waals surface area contributed by atoms with Crippen molar-refractivity contribution in [3.05, 3.63) is 12.7 Å². The molecule has 49 heavy (non-hydrogen) atoms. The van der Waals surface area contributed by atoms with Crippen molar-refractivity contribution < 1.29 is 33.5 Å². The maximum atomic E-state index is 14.4. The Morgan fingerprint density at radius 2 is 1.45 bits per heavy atom. The number of nitrogens with zero attached hydrogens (tertiary/aromatic N) is 1. The SMILES string of the molecule is C=CCNC(=O)C(=O)C(CCC)NC(=O)[C@@H]1[C@@H]2[C@H](CN1C(=O)[C@@H](NC(=O)N[C@H](C(=O)OC(C1CC1)C1CC1)C(C)(C)C)C(C)(C)C)C2(C)C. The number of ketones is 1. The van der Waals surface area contributed by atoms with E-state index in [0.29, 0.717) is 24.8 Å². The maximum absolute atomic E-state index is 14.4. The largest absolute Gasteiger partial charge is 0.460 e. The molecule has 1 saturated heterocycles. The van der Waals surface area contributed by atoms with Crippen molar-refractivity contribution in [3.63, 3.8) is 0 Å². The van der Waals surface area contributed by atoms with Gasteiger partial charge < -0.3 is 30.9 Å².